The number of nitrogens with zero attached hydrogens (tertiary/aromatic N) is 1. The summed E-state index contributed by atoms with van der Waals surface area (Å²) in [5.74, 6) is 0. The molecule has 0 saturated heterocycles. The topological polar surface area (TPSA) is 95.2 Å². The molecule has 4 N–H and O–H groups in total. The summed E-state index contributed by atoms with van der Waals surface area (Å²) in [5.41, 5.74) is 11.6. The molecule has 2 aromatic carbocycles. The summed E-state index contributed by atoms with van der Waals surface area (Å²) in [5, 5.41) is 10.3. The van der Waals surface area contributed by atoms with Gasteiger partial charge in [-0.25, -0.2) is 0 Å². The minimum Gasteiger partial charge on any atom is -0.399 e. The van der Waals surface area contributed by atoms with E-state index in [-0.39, 0.29) is 11.4 Å². The van der Waals surface area contributed by atoms with Crippen molar-refractivity contribution in [3.63, 3.8) is 0 Å². The van der Waals surface area contributed by atoms with E-state index in [9.17, 15) is 10.1 Å². The summed E-state index contributed by atoms with van der Waals surface area (Å²) in [7, 11) is 0. The van der Waals surface area contributed by atoms with E-state index in [2.05, 4.69) is 31.9 Å². The molecule has 2 rings (SSSR count). The normalized spacial score (nSPS) is 9.37. The number of rotatable bonds is 1. The SMILES string of the molecule is Nc1ccc(Br)cc1.Nc1ccc(Br)cc1[N+](=O)[O-]. The number of nitro groups is 1. The number of nitrogens with two attached hydrogens (primary N) is 2. The minimum atomic E-state index is -0.514. The van der Waals surface area contributed by atoms with Crippen LogP contribution in [-0.2, 0) is 0 Å². The summed E-state index contributed by atoms with van der Waals surface area (Å²) in [4.78, 5) is 9.76. The van der Waals surface area contributed by atoms with Crippen molar-refractivity contribution in [2.75, 3.05) is 11.5 Å². The van der Waals surface area contributed by atoms with Gasteiger partial charge in [0.15, 0.2) is 0 Å². The second-order valence-corrected chi connectivity index (χ2v) is 5.34. The minimum absolute atomic E-state index is 0.0700. The molecule has 100 valence electrons. The number of hydrogen-bond acceptors (Lipinski definition) is 4. The van der Waals surface area contributed by atoms with Crippen LogP contribution in [0.15, 0.2) is 51.4 Å². The van der Waals surface area contributed by atoms with Gasteiger partial charge in [0.25, 0.3) is 5.69 Å². The van der Waals surface area contributed by atoms with E-state index in [1.807, 2.05) is 24.3 Å². The molecule has 19 heavy (non-hydrogen) atoms. The maximum Gasteiger partial charge on any atom is 0.293 e. The van der Waals surface area contributed by atoms with Crippen LogP contribution in [0.5, 0.6) is 0 Å². The molecule has 0 bridgehead atoms. The van der Waals surface area contributed by atoms with Crippen LogP contribution in [0.2, 0.25) is 0 Å². The summed E-state index contributed by atoms with van der Waals surface area (Å²) in [6.45, 7) is 0. The van der Waals surface area contributed by atoms with Gasteiger partial charge >= 0.3 is 0 Å². The predicted molar refractivity (Wildman–Crippen MR) is 83.8 cm³/mol. The molecule has 0 aliphatic carbocycles. The second-order valence-electron chi connectivity index (χ2n) is 3.51. The smallest absolute Gasteiger partial charge is 0.293 e. The quantitative estimate of drug-likeness (QED) is 0.438. The van der Waals surface area contributed by atoms with Crippen LogP contribution in [0, 0.1) is 10.1 Å². The highest BCUT2D eigenvalue weighted by Gasteiger charge is 2.09. The molecular formula is C12H11Br2N3O2. The molecule has 0 spiro atoms. The van der Waals surface area contributed by atoms with E-state index in [1.165, 1.54) is 12.1 Å². The molecule has 7 heteroatoms. The molecule has 0 aliphatic heterocycles. The Morgan fingerprint density at radius 1 is 0.947 bits per heavy atom. The zero-order valence-corrected chi connectivity index (χ0v) is 12.9. The molecule has 0 saturated carbocycles. The fourth-order valence-electron chi connectivity index (χ4n) is 1.14. The van der Waals surface area contributed by atoms with Crippen molar-refractivity contribution >= 4 is 48.9 Å². The molecule has 0 atom stereocenters. The molecule has 0 radical (unpaired) electrons. The van der Waals surface area contributed by atoms with E-state index in [4.69, 9.17) is 11.5 Å². The fourth-order valence-corrected chi connectivity index (χ4v) is 1.75. The van der Waals surface area contributed by atoms with E-state index < -0.39 is 4.92 Å². The van der Waals surface area contributed by atoms with E-state index in [0.29, 0.717) is 4.47 Å². The monoisotopic (exact) mass is 387 g/mol. The number of benzene rings is 2. The molecule has 0 unspecified atom stereocenters. The number of nitrogen functional groups attached to an aromatic ring is 2. The Labute approximate surface area is 127 Å². The second kappa shape index (κ2) is 7.10. The van der Waals surface area contributed by atoms with Crippen molar-refractivity contribution in [3.8, 4) is 0 Å². The van der Waals surface area contributed by atoms with Gasteiger partial charge in [-0.05, 0) is 36.4 Å². The molecule has 0 aromatic heterocycles. The molecule has 5 nitrogen and oxygen atoms in total. The van der Waals surface area contributed by atoms with Crippen LogP contribution in [0.3, 0.4) is 0 Å². The Morgan fingerprint density at radius 2 is 1.47 bits per heavy atom. The van der Waals surface area contributed by atoms with Gasteiger partial charge < -0.3 is 11.5 Å². The van der Waals surface area contributed by atoms with Crippen LogP contribution in [-0.4, -0.2) is 4.92 Å². The molecule has 2 aromatic rings. The summed E-state index contributed by atoms with van der Waals surface area (Å²) >= 11 is 6.39. The average molecular weight is 389 g/mol. The Hall–Kier alpha value is -1.60. The first-order valence-electron chi connectivity index (χ1n) is 5.10. The van der Waals surface area contributed by atoms with Crippen molar-refractivity contribution in [1.82, 2.24) is 0 Å². The highest BCUT2D eigenvalue weighted by atomic mass is 79.9. The van der Waals surface area contributed by atoms with Crippen molar-refractivity contribution in [3.05, 3.63) is 61.5 Å². The van der Waals surface area contributed by atoms with Crippen LogP contribution >= 0.6 is 31.9 Å². The standard InChI is InChI=1S/C6H5BrN2O2.C6H6BrN/c7-4-1-2-5(8)6(3-4)9(10)11;7-5-1-3-6(8)4-2-5/h1-3H,8H2;1-4H,8H2. The molecular weight excluding hydrogens is 378 g/mol. The van der Waals surface area contributed by atoms with Gasteiger partial charge in [-0.1, -0.05) is 31.9 Å². The number of nitro benzene ring substituents is 1. The van der Waals surface area contributed by atoms with Gasteiger partial charge in [0.1, 0.15) is 5.69 Å². The molecule has 0 heterocycles. The number of hydrogen-bond donors (Lipinski definition) is 2. The van der Waals surface area contributed by atoms with Crippen molar-refractivity contribution < 1.29 is 4.92 Å². The zero-order valence-electron chi connectivity index (χ0n) is 9.72. The lowest BCUT2D eigenvalue weighted by Crippen LogP contribution is -1.94. The summed E-state index contributed by atoms with van der Waals surface area (Å²) in [6.07, 6.45) is 0. The molecule has 0 aliphatic rings. The third kappa shape index (κ3) is 5.27. The highest BCUT2D eigenvalue weighted by molar-refractivity contribution is 9.10. The zero-order chi connectivity index (χ0) is 14.4. The predicted octanol–water partition coefficient (Wildman–Crippen LogP) is 3.97. The first-order chi connectivity index (χ1) is 8.90. The Balaban J connectivity index is 0.000000200. The molecule has 0 amide bonds. The van der Waals surface area contributed by atoms with Crippen molar-refractivity contribution in [2.24, 2.45) is 0 Å². The van der Waals surface area contributed by atoms with E-state index in [0.717, 1.165) is 10.2 Å². The maximum atomic E-state index is 10.3. The van der Waals surface area contributed by atoms with Gasteiger partial charge in [0.05, 0.1) is 4.92 Å². The Morgan fingerprint density at radius 3 is 1.89 bits per heavy atom. The highest BCUT2D eigenvalue weighted by Crippen LogP contribution is 2.24. The lowest BCUT2D eigenvalue weighted by molar-refractivity contribution is -0.384. The third-order valence-electron chi connectivity index (χ3n) is 2.06. The van der Waals surface area contributed by atoms with Crippen LogP contribution < -0.4 is 11.5 Å². The fraction of sp³-hybridized carbons (Fsp3) is 0. The van der Waals surface area contributed by atoms with Crippen LogP contribution in [0.1, 0.15) is 0 Å². The number of halogens is 2. The first-order valence-corrected chi connectivity index (χ1v) is 6.69. The Kier molecular flexibility index (Phi) is 5.78. The van der Waals surface area contributed by atoms with Crippen molar-refractivity contribution in [1.29, 1.82) is 0 Å². The van der Waals surface area contributed by atoms with Crippen molar-refractivity contribution in [2.45, 2.75) is 0 Å². The summed E-state index contributed by atoms with van der Waals surface area (Å²) in [6, 6.07) is 12.0. The Bertz CT molecular complexity index is 553. The summed E-state index contributed by atoms with van der Waals surface area (Å²) < 4.78 is 1.71. The van der Waals surface area contributed by atoms with E-state index in [1.54, 1.807) is 6.07 Å². The van der Waals surface area contributed by atoms with Gasteiger partial charge in [0, 0.05) is 20.7 Å². The maximum absolute atomic E-state index is 10.3. The third-order valence-corrected chi connectivity index (χ3v) is 3.08. The largest absolute Gasteiger partial charge is 0.399 e. The molecule has 0 fully saturated rings. The van der Waals surface area contributed by atoms with Crippen LogP contribution in [0.4, 0.5) is 17.1 Å². The first kappa shape index (κ1) is 15.5. The van der Waals surface area contributed by atoms with Gasteiger partial charge in [-0.15, -0.1) is 0 Å². The lowest BCUT2D eigenvalue weighted by atomic mass is 10.3. The van der Waals surface area contributed by atoms with Gasteiger partial charge in [-0.3, -0.25) is 10.1 Å². The number of anilines is 2. The van der Waals surface area contributed by atoms with Gasteiger partial charge in [-0.2, -0.15) is 0 Å². The van der Waals surface area contributed by atoms with Crippen LogP contribution in [0.25, 0.3) is 0 Å². The van der Waals surface area contributed by atoms with Gasteiger partial charge in [0.2, 0.25) is 0 Å². The average Bonchev–Trinajstić information content (AvgIpc) is 2.36. The lowest BCUT2D eigenvalue weighted by Gasteiger charge is -1.95. The van der Waals surface area contributed by atoms with E-state index >= 15 is 0 Å².